The molecule has 2 N–H and O–H groups in total. The highest BCUT2D eigenvalue weighted by atomic mass is 32.2. The number of aryl methyl sites for hydroxylation is 2. The fourth-order valence-corrected chi connectivity index (χ4v) is 4.55. The first-order valence-electron chi connectivity index (χ1n) is 7.15. The second kappa shape index (κ2) is 5.84. The van der Waals surface area contributed by atoms with Crippen LogP contribution in [-0.2, 0) is 10.0 Å². The number of nitrogens with zero attached hydrogens (tertiary/aromatic N) is 1. The van der Waals surface area contributed by atoms with E-state index in [0.29, 0.717) is 23.9 Å². The molecule has 4 nitrogen and oxygen atoms in total. The van der Waals surface area contributed by atoms with E-state index in [0.717, 1.165) is 24.0 Å². The molecule has 0 saturated carbocycles. The molecule has 0 aromatic heterocycles. The van der Waals surface area contributed by atoms with Crippen molar-refractivity contribution in [3.05, 3.63) is 29.3 Å². The second-order valence-electron chi connectivity index (χ2n) is 5.87. The molecule has 2 rings (SSSR count). The quantitative estimate of drug-likeness (QED) is 0.928. The molecule has 1 aliphatic heterocycles. The van der Waals surface area contributed by atoms with E-state index in [1.807, 2.05) is 32.9 Å². The number of hydrogen-bond donors (Lipinski definition) is 1. The zero-order valence-corrected chi connectivity index (χ0v) is 13.3. The van der Waals surface area contributed by atoms with E-state index < -0.39 is 10.0 Å². The molecule has 20 heavy (non-hydrogen) atoms. The summed E-state index contributed by atoms with van der Waals surface area (Å²) in [5.41, 5.74) is 7.69. The lowest BCUT2D eigenvalue weighted by molar-refractivity contribution is 0.250. The molecule has 1 aliphatic rings. The maximum Gasteiger partial charge on any atom is 0.243 e. The lowest BCUT2D eigenvalue weighted by atomic mass is 9.92. The normalized spacial score (nSPS) is 20.0. The Hall–Kier alpha value is -0.910. The van der Waals surface area contributed by atoms with Crippen LogP contribution < -0.4 is 5.73 Å². The molecule has 1 atom stereocenters. The van der Waals surface area contributed by atoms with Gasteiger partial charge >= 0.3 is 0 Å². The molecule has 112 valence electrons. The molecule has 1 fully saturated rings. The minimum atomic E-state index is -3.37. The van der Waals surface area contributed by atoms with Crippen molar-refractivity contribution < 1.29 is 8.42 Å². The Bertz CT molecular complexity index is 574. The van der Waals surface area contributed by atoms with Gasteiger partial charge in [0.1, 0.15) is 0 Å². The minimum absolute atomic E-state index is 0.139. The third-order valence-corrected chi connectivity index (χ3v) is 6.24. The van der Waals surface area contributed by atoms with Crippen molar-refractivity contribution in [1.29, 1.82) is 0 Å². The number of benzene rings is 1. The first-order valence-corrected chi connectivity index (χ1v) is 8.59. The van der Waals surface area contributed by atoms with Crippen molar-refractivity contribution in [3.63, 3.8) is 0 Å². The SMILES string of the molecule is Cc1ccc(C)c(S(=O)(=O)N2CCC(C(C)N)CC2)c1. The molecular formula is C15H24N2O2S. The summed E-state index contributed by atoms with van der Waals surface area (Å²) < 4.78 is 27.1. The number of hydrogen-bond acceptors (Lipinski definition) is 3. The van der Waals surface area contributed by atoms with E-state index in [1.54, 1.807) is 10.4 Å². The molecule has 1 heterocycles. The average Bonchev–Trinajstić information content (AvgIpc) is 2.41. The zero-order valence-electron chi connectivity index (χ0n) is 12.5. The third-order valence-electron chi connectivity index (χ3n) is 4.20. The summed E-state index contributed by atoms with van der Waals surface area (Å²) >= 11 is 0. The predicted octanol–water partition coefficient (Wildman–Crippen LogP) is 2.05. The van der Waals surface area contributed by atoms with E-state index in [4.69, 9.17) is 5.73 Å². The number of rotatable bonds is 3. The second-order valence-corrected chi connectivity index (χ2v) is 7.78. The molecule has 0 spiro atoms. The standard InChI is InChI=1S/C15H24N2O2S/c1-11-4-5-12(2)15(10-11)20(18,19)17-8-6-14(7-9-17)13(3)16/h4-5,10,13-14H,6-9,16H2,1-3H3. The highest BCUT2D eigenvalue weighted by molar-refractivity contribution is 7.89. The molecule has 0 radical (unpaired) electrons. The lowest BCUT2D eigenvalue weighted by Crippen LogP contribution is -2.42. The van der Waals surface area contributed by atoms with Crippen LogP contribution in [0.4, 0.5) is 0 Å². The van der Waals surface area contributed by atoms with E-state index in [9.17, 15) is 8.42 Å². The van der Waals surface area contributed by atoms with E-state index in [1.165, 1.54) is 0 Å². The maximum absolute atomic E-state index is 12.7. The third kappa shape index (κ3) is 3.05. The smallest absolute Gasteiger partial charge is 0.243 e. The Morgan fingerprint density at radius 1 is 1.25 bits per heavy atom. The van der Waals surface area contributed by atoms with Gasteiger partial charge in [0.2, 0.25) is 10.0 Å². The van der Waals surface area contributed by atoms with Gasteiger partial charge in [0.15, 0.2) is 0 Å². The zero-order chi connectivity index (χ0) is 14.9. The molecule has 1 unspecified atom stereocenters. The summed E-state index contributed by atoms with van der Waals surface area (Å²) in [5.74, 6) is 0.431. The van der Waals surface area contributed by atoms with Crippen LogP contribution in [0.2, 0.25) is 0 Å². The topological polar surface area (TPSA) is 63.4 Å². The Kier molecular flexibility index (Phi) is 4.52. The van der Waals surface area contributed by atoms with Crippen molar-refractivity contribution in [2.24, 2.45) is 11.7 Å². The van der Waals surface area contributed by atoms with Crippen LogP contribution in [-0.4, -0.2) is 31.9 Å². The molecule has 1 saturated heterocycles. The largest absolute Gasteiger partial charge is 0.328 e. The van der Waals surface area contributed by atoms with Gasteiger partial charge in [0.05, 0.1) is 4.90 Å². The maximum atomic E-state index is 12.7. The van der Waals surface area contributed by atoms with Gasteiger partial charge in [-0.2, -0.15) is 4.31 Å². The number of piperidine rings is 1. The molecule has 5 heteroatoms. The van der Waals surface area contributed by atoms with E-state index >= 15 is 0 Å². The summed E-state index contributed by atoms with van der Waals surface area (Å²) in [4.78, 5) is 0.441. The molecule has 0 aliphatic carbocycles. The van der Waals surface area contributed by atoms with Crippen molar-refractivity contribution in [2.75, 3.05) is 13.1 Å². The van der Waals surface area contributed by atoms with Gasteiger partial charge in [-0.15, -0.1) is 0 Å². The summed E-state index contributed by atoms with van der Waals surface area (Å²) in [5, 5.41) is 0. The average molecular weight is 296 g/mol. The lowest BCUT2D eigenvalue weighted by Gasteiger charge is -2.33. The molecule has 1 aromatic carbocycles. The Morgan fingerprint density at radius 2 is 1.85 bits per heavy atom. The van der Waals surface area contributed by atoms with Crippen LogP contribution in [0, 0.1) is 19.8 Å². The highest BCUT2D eigenvalue weighted by Gasteiger charge is 2.31. The summed E-state index contributed by atoms with van der Waals surface area (Å²) in [7, 11) is -3.37. The van der Waals surface area contributed by atoms with Crippen LogP contribution in [0.15, 0.2) is 23.1 Å². The summed E-state index contributed by atoms with van der Waals surface area (Å²) in [6.45, 7) is 6.91. The fraction of sp³-hybridized carbons (Fsp3) is 0.600. The number of nitrogens with two attached hydrogens (primary N) is 1. The summed E-state index contributed by atoms with van der Waals surface area (Å²) in [6.07, 6.45) is 1.70. The van der Waals surface area contributed by atoms with Gasteiger partial charge in [-0.3, -0.25) is 0 Å². The van der Waals surface area contributed by atoms with Gasteiger partial charge in [0, 0.05) is 19.1 Å². The van der Waals surface area contributed by atoms with Crippen molar-refractivity contribution in [3.8, 4) is 0 Å². The Morgan fingerprint density at radius 3 is 2.40 bits per heavy atom. The van der Waals surface area contributed by atoms with Gasteiger partial charge in [-0.05, 0) is 56.7 Å². The highest BCUT2D eigenvalue weighted by Crippen LogP contribution is 2.27. The van der Waals surface area contributed by atoms with Crippen LogP contribution >= 0.6 is 0 Å². The van der Waals surface area contributed by atoms with Crippen molar-refractivity contribution in [2.45, 2.75) is 44.6 Å². The van der Waals surface area contributed by atoms with Crippen molar-refractivity contribution >= 4 is 10.0 Å². The fourth-order valence-electron chi connectivity index (χ4n) is 2.77. The van der Waals surface area contributed by atoms with Crippen LogP contribution in [0.5, 0.6) is 0 Å². The van der Waals surface area contributed by atoms with Crippen LogP contribution in [0.1, 0.15) is 30.9 Å². The first-order chi connectivity index (χ1) is 9.32. The Labute approximate surface area is 122 Å². The van der Waals surface area contributed by atoms with Gasteiger partial charge in [-0.1, -0.05) is 12.1 Å². The van der Waals surface area contributed by atoms with Crippen LogP contribution in [0.3, 0.4) is 0 Å². The summed E-state index contributed by atoms with van der Waals surface area (Å²) in [6, 6.07) is 5.72. The Balaban J connectivity index is 2.22. The number of sulfonamides is 1. The van der Waals surface area contributed by atoms with E-state index in [2.05, 4.69) is 0 Å². The van der Waals surface area contributed by atoms with Gasteiger partial charge < -0.3 is 5.73 Å². The predicted molar refractivity (Wildman–Crippen MR) is 81.0 cm³/mol. The molecule has 1 aromatic rings. The van der Waals surface area contributed by atoms with Gasteiger partial charge in [-0.25, -0.2) is 8.42 Å². The van der Waals surface area contributed by atoms with Gasteiger partial charge in [0.25, 0.3) is 0 Å². The monoisotopic (exact) mass is 296 g/mol. The molecule has 0 bridgehead atoms. The minimum Gasteiger partial charge on any atom is -0.328 e. The van der Waals surface area contributed by atoms with E-state index in [-0.39, 0.29) is 6.04 Å². The molecular weight excluding hydrogens is 272 g/mol. The van der Waals surface area contributed by atoms with Crippen LogP contribution in [0.25, 0.3) is 0 Å². The first kappa shape index (κ1) is 15.5. The van der Waals surface area contributed by atoms with Crippen molar-refractivity contribution in [1.82, 2.24) is 4.31 Å². The molecule has 0 amide bonds.